The Morgan fingerprint density at radius 1 is 1.17 bits per heavy atom. The zero-order valence-electron chi connectivity index (χ0n) is 12.3. The highest BCUT2D eigenvalue weighted by molar-refractivity contribution is 6.31. The fourth-order valence-electron chi connectivity index (χ4n) is 2.97. The first kappa shape index (κ1) is 16.1. The lowest BCUT2D eigenvalue weighted by atomic mass is 9.94. The van der Waals surface area contributed by atoms with Gasteiger partial charge < -0.3 is 5.73 Å². The van der Waals surface area contributed by atoms with Crippen LogP contribution in [0, 0.1) is 0 Å². The Morgan fingerprint density at radius 2 is 1.96 bits per heavy atom. The number of alkyl halides is 3. The number of fused-ring (bicyclic) bond motifs is 1. The van der Waals surface area contributed by atoms with Crippen molar-refractivity contribution in [1.82, 2.24) is 4.90 Å². The molecule has 2 aromatic rings. The second-order valence-corrected chi connectivity index (χ2v) is 6.16. The number of halogens is 4. The maximum Gasteiger partial charge on any atom is 0.416 e. The molecule has 1 aliphatic heterocycles. The topological polar surface area (TPSA) is 29.3 Å². The van der Waals surface area contributed by atoms with Gasteiger partial charge in [-0.25, -0.2) is 0 Å². The Morgan fingerprint density at radius 3 is 2.65 bits per heavy atom. The molecule has 0 atom stereocenters. The van der Waals surface area contributed by atoms with Gasteiger partial charge in [-0.2, -0.15) is 13.2 Å². The quantitative estimate of drug-likeness (QED) is 0.816. The van der Waals surface area contributed by atoms with Crippen LogP contribution in [0.5, 0.6) is 0 Å². The van der Waals surface area contributed by atoms with Crippen LogP contribution >= 0.6 is 11.6 Å². The van der Waals surface area contributed by atoms with E-state index in [4.69, 9.17) is 17.3 Å². The lowest BCUT2D eigenvalue weighted by Gasteiger charge is -2.31. The van der Waals surface area contributed by atoms with Crippen molar-refractivity contribution in [3.8, 4) is 0 Å². The molecule has 0 spiro atoms. The van der Waals surface area contributed by atoms with E-state index in [0.717, 1.165) is 17.2 Å². The summed E-state index contributed by atoms with van der Waals surface area (Å²) >= 11 is 6.17. The smallest absolute Gasteiger partial charge is 0.399 e. The van der Waals surface area contributed by atoms with Crippen molar-refractivity contribution in [2.24, 2.45) is 0 Å². The number of anilines is 1. The summed E-state index contributed by atoms with van der Waals surface area (Å²) in [5, 5.41) is 0.542. The molecule has 3 rings (SSSR count). The van der Waals surface area contributed by atoms with Crippen LogP contribution in [-0.2, 0) is 25.7 Å². The number of nitrogens with two attached hydrogens (primary N) is 1. The highest BCUT2D eigenvalue weighted by Gasteiger charge is 2.35. The highest BCUT2D eigenvalue weighted by atomic mass is 35.5. The molecular formula is C17H16ClF3N2. The number of hydrogen-bond acceptors (Lipinski definition) is 2. The summed E-state index contributed by atoms with van der Waals surface area (Å²) in [4.78, 5) is 1.98. The van der Waals surface area contributed by atoms with E-state index >= 15 is 0 Å². The van der Waals surface area contributed by atoms with Gasteiger partial charge in [0.2, 0.25) is 0 Å². The van der Waals surface area contributed by atoms with Crippen molar-refractivity contribution in [2.45, 2.75) is 25.7 Å². The van der Waals surface area contributed by atoms with Crippen LogP contribution < -0.4 is 5.73 Å². The van der Waals surface area contributed by atoms with E-state index in [2.05, 4.69) is 0 Å². The molecule has 122 valence electrons. The van der Waals surface area contributed by atoms with Gasteiger partial charge in [-0.3, -0.25) is 4.90 Å². The molecule has 0 bridgehead atoms. The third kappa shape index (κ3) is 3.46. The summed E-state index contributed by atoms with van der Waals surface area (Å²) in [5.74, 6) is 0. The van der Waals surface area contributed by atoms with E-state index in [1.54, 1.807) is 18.2 Å². The fraction of sp³-hybridized carbons (Fsp3) is 0.294. The van der Waals surface area contributed by atoms with Crippen molar-refractivity contribution in [2.75, 3.05) is 12.3 Å². The number of rotatable bonds is 2. The SMILES string of the molecule is Nc1ccc(CN2CCc3cccc(C(F)(F)F)c3C2)c(Cl)c1. The van der Waals surface area contributed by atoms with Crippen molar-refractivity contribution >= 4 is 17.3 Å². The summed E-state index contributed by atoms with van der Waals surface area (Å²) in [7, 11) is 0. The van der Waals surface area contributed by atoms with Crippen LogP contribution in [0.15, 0.2) is 36.4 Å². The minimum Gasteiger partial charge on any atom is -0.399 e. The molecule has 0 unspecified atom stereocenters. The third-order valence-corrected chi connectivity index (χ3v) is 4.48. The largest absolute Gasteiger partial charge is 0.416 e. The molecule has 0 aliphatic carbocycles. The predicted molar refractivity (Wildman–Crippen MR) is 85.1 cm³/mol. The van der Waals surface area contributed by atoms with E-state index in [9.17, 15) is 13.2 Å². The van der Waals surface area contributed by atoms with Gasteiger partial charge in [0.15, 0.2) is 0 Å². The number of nitrogens with zero attached hydrogens (tertiary/aromatic N) is 1. The van der Waals surface area contributed by atoms with Gasteiger partial charge in [0, 0.05) is 30.3 Å². The van der Waals surface area contributed by atoms with Crippen LogP contribution in [0.25, 0.3) is 0 Å². The van der Waals surface area contributed by atoms with Crippen LogP contribution in [-0.4, -0.2) is 11.4 Å². The summed E-state index contributed by atoms with van der Waals surface area (Å²) in [6, 6.07) is 9.64. The van der Waals surface area contributed by atoms with E-state index in [-0.39, 0.29) is 6.54 Å². The minimum atomic E-state index is -4.33. The second-order valence-electron chi connectivity index (χ2n) is 5.75. The maximum atomic E-state index is 13.2. The van der Waals surface area contributed by atoms with E-state index < -0.39 is 11.7 Å². The van der Waals surface area contributed by atoms with Crippen molar-refractivity contribution in [3.63, 3.8) is 0 Å². The molecule has 2 N–H and O–H groups in total. The van der Waals surface area contributed by atoms with Gasteiger partial charge in [0.05, 0.1) is 5.56 Å². The molecule has 0 radical (unpaired) electrons. The van der Waals surface area contributed by atoms with Gasteiger partial charge in [0.1, 0.15) is 0 Å². The van der Waals surface area contributed by atoms with Gasteiger partial charge in [-0.15, -0.1) is 0 Å². The Labute approximate surface area is 137 Å². The normalized spacial score (nSPS) is 15.5. The number of nitrogen functional groups attached to an aromatic ring is 1. The molecule has 0 saturated carbocycles. The molecule has 2 nitrogen and oxygen atoms in total. The van der Waals surface area contributed by atoms with Crippen LogP contribution in [0.2, 0.25) is 5.02 Å². The van der Waals surface area contributed by atoms with Crippen molar-refractivity contribution < 1.29 is 13.2 Å². The molecule has 6 heteroatoms. The first-order valence-electron chi connectivity index (χ1n) is 7.29. The average Bonchev–Trinajstić information content (AvgIpc) is 2.48. The minimum absolute atomic E-state index is 0.270. The zero-order valence-corrected chi connectivity index (χ0v) is 13.1. The molecule has 1 heterocycles. The Bertz CT molecular complexity index is 728. The number of benzene rings is 2. The van der Waals surface area contributed by atoms with E-state index in [0.29, 0.717) is 35.8 Å². The molecule has 0 fully saturated rings. The van der Waals surface area contributed by atoms with Gasteiger partial charge >= 0.3 is 6.18 Å². The predicted octanol–water partition coefficient (Wildman–Crippen LogP) is 4.50. The summed E-state index contributed by atoms with van der Waals surface area (Å²) < 4.78 is 39.6. The van der Waals surface area contributed by atoms with Gasteiger partial charge in [-0.1, -0.05) is 29.8 Å². The van der Waals surface area contributed by atoms with Crippen LogP contribution in [0.3, 0.4) is 0 Å². The monoisotopic (exact) mass is 340 g/mol. The Kier molecular flexibility index (Phi) is 4.25. The number of hydrogen-bond donors (Lipinski definition) is 1. The first-order valence-corrected chi connectivity index (χ1v) is 7.66. The average molecular weight is 341 g/mol. The molecule has 1 aliphatic rings. The van der Waals surface area contributed by atoms with Gasteiger partial charge in [0.25, 0.3) is 0 Å². The summed E-state index contributed by atoms with van der Waals surface area (Å²) in [6.45, 7) is 1.48. The van der Waals surface area contributed by atoms with E-state index in [1.807, 2.05) is 11.0 Å². The fourth-order valence-corrected chi connectivity index (χ4v) is 3.22. The van der Waals surface area contributed by atoms with Gasteiger partial charge in [-0.05, 0) is 41.3 Å². The molecule has 23 heavy (non-hydrogen) atoms. The summed E-state index contributed by atoms with van der Waals surface area (Å²) in [6.07, 6.45) is -3.72. The van der Waals surface area contributed by atoms with Crippen LogP contribution in [0.4, 0.5) is 18.9 Å². The van der Waals surface area contributed by atoms with E-state index in [1.165, 1.54) is 6.07 Å². The maximum absolute atomic E-state index is 13.2. The highest BCUT2D eigenvalue weighted by Crippen LogP contribution is 2.36. The van der Waals surface area contributed by atoms with Crippen molar-refractivity contribution in [3.05, 3.63) is 63.7 Å². The molecule has 0 aromatic heterocycles. The molecule has 0 saturated heterocycles. The van der Waals surface area contributed by atoms with Crippen molar-refractivity contribution in [1.29, 1.82) is 0 Å². The lowest BCUT2D eigenvalue weighted by molar-refractivity contribution is -0.138. The standard InChI is InChI=1S/C17H16ClF3N2/c18-16-8-13(22)5-4-12(16)9-23-7-6-11-2-1-3-15(14(11)10-23)17(19,20)21/h1-5,8H,6-7,9-10,22H2. The molecular weight excluding hydrogens is 325 g/mol. The zero-order chi connectivity index (χ0) is 16.6. The molecule has 2 aromatic carbocycles. The van der Waals surface area contributed by atoms with Crippen LogP contribution in [0.1, 0.15) is 22.3 Å². The first-order chi connectivity index (χ1) is 10.8. The summed E-state index contributed by atoms with van der Waals surface area (Å²) in [5.41, 5.74) is 7.72. The lowest BCUT2D eigenvalue weighted by Crippen LogP contribution is -2.32. The molecule has 0 amide bonds. The Hall–Kier alpha value is -1.72. The second kappa shape index (κ2) is 6.06. The third-order valence-electron chi connectivity index (χ3n) is 4.13. The Balaban J connectivity index is 1.85.